The predicted octanol–water partition coefficient (Wildman–Crippen LogP) is 3.18. The van der Waals surface area contributed by atoms with Gasteiger partial charge in [0.05, 0.1) is 5.92 Å². The van der Waals surface area contributed by atoms with Gasteiger partial charge in [-0.3, -0.25) is 9.78 Å². The van der Waals surface area contributed by atoms with E-state index >= 15 is 0 Å². The Morgan fingerprint density at radius 1 is 1.10 bits per heavy atom. The van der Waals surface area contributed by atoms with Gasteiger partial charge in [0.1, 0.15) is 0 Å². The zero-order valence-electron chi connectivity index (χ0n) is 11.8. The van der Waals surface area contributed by atoms with Crippen LogP contribution in [0.3, 0.4) is 0 Å². The van der Waals surface area contributed by atoms with E-state index in [2.05, 4.69) is 4.98 Å². The van der Waals surface area contributed by atoms with Crippen LogP contribution in [0.1, 0.15) is 22.4 Å². The zero-order valence-corrected chi connectivity index (χ0v) is 11.8. The van der Waals surface area contributed by atoms with Crippen molar-refractivity contribution in [3.05, 3.63) is 65.0 Å². The van der Waals surface area contributed by atoms with Crippen molar-refractivity contribution in [3.63, 3.8) is 0 Å². The van der Waals surface area contributed by atoms with E-state index in [1.807, 2.05) is 50.2 Å². The van der Waals surface area contributed by atoms with Gasteiger partial charge in [-0.15, -0.1) is 0 Å². The van der Waals surface area contributed by atoms with Gasteiger partial charge < -0.3 is 5.11 Å². The molecule has 0 aliphatic carbocycles. The summed E-state index contributed by atoms with van der Waals surface area (Å²) in [5.41, 5.74) is 4.14. The van der Waals surface area contributed by atoms with Gasteiger partial charge in [-0.1, -0.05) is 30.3 Å². The maximum absolute atomic E-state index is 11.5. The molecule has 2 aromatic rings. The highest BCUT2D eigenvalue weighted by Crippen LogP contribution is 2.18. The van der Waals surface area contributed by atoms with Crippen molar-refractivity contribution >= 4 is 5.97 Å². The molecule has 0 bridgehead atoms. The number of pyridine rings is 1. The minimum absolute atomic E-state index is 0.440. The second-order valence-electron chi connectivity index (χ2n) is 5.14. The van der Waals surface area contributed by atoms with E-state index in [1.165, 1.54) is 0 Å². The fourth-order valence-corrected chi connectivity index (χ4v) is 2.32. The molecule has 0 saturated heterocycles. The summed E-state index contributed by atoms with van der Waals surface area (Å²) in [6.07, 6.45) is 2.73. The van der Waals surface area contributed by atoms with Crippen molar-refractivity contribution < 1.29 is 9.90 Å². The minimum Gasteiger partial charge on any atom is -0.481 e. The number of aromatic nitrogens is 1. The van der Waals surface area contributed by atoms with Gasteiger partial charge in [0.15, 0.2) is 0 Å². The number of nitrogens with zero attached hydrogens (tertiary/aromatic N) is 1. The first kappa shape index (κ1) is 14.3. The van der Waals surface area contributed by atoms with Crippen molar-refractivity contribution in [2.24, 2.45) is 5.92 Å². The van der Waals surface area contributed by atoms with Gasteiger partial charge in [0.2, 0.25) is 0 Å². The first-order chi connectivity index (χ1) is 9.58. The van der Waals surface area contributed by atoms with Crippen LogP contribution in [0.15, 0.2) is 42.6 Å². The summed E-state index contributed by atoms with van der Waals surface area (Å²) >= 11 is 0. The molecule has 1 aromatic heterocycles. The Balaban J connectivity index is 2.19. The van der Waals surface area contributed by atoms with Crippen molar-refractivity contribution in [1.82, 2.24) is 4.98 Å². The molecule has 0 aliphatic heterocycles. The maximum atomic E-state index is 11.5. The molecule has 1 N–H and O–H groups in total. The Kier molecular flexibility index (Phi) is 4.51. The summed E-state index contributed by atoms with van der Waals surface area (Å²) in [5.74, 6) is -1.21. The van der Waals surface area contributed by atoms with Crippen LogP contribution >= 0.6 is 0 Å². The third-order valence-corrected chi connectivity index (χ3v) is 3.63. The van der Waals surface area contributed by atoms with E-state index in [9.17, 15) is 9.90 Å². The van der Waals surface area contributed by atoms with Crippen LogP contribution in [0.5, 0.6) is 0 Å². The summed E-state index contributed by atoms with van der Waals surface area (Å²) < 4.78 is 0. The molecule has 0 radical (unpaired) electrons. The highest BCUT2D eigenvalue weighted by molar-refractivity contribution is 5.71. The first-order valence-electron chi connectivity index (χ1n) is 6.75. The number of hydrogen-bond donors (Lipinski definition) is 1. The van der Waals surface area contributed by atoms with Crippen LogP contribution in [0, 0.1) is 19.8 Å². The molecule has 2 rings (SSSR count). The number of carbonyl (C=O) groups is 1. The quantitative estimate of drug-likeness (QED) is 0.907. The van der Waals surface area contributed by atoms with Crippen molar-refractivity contribution in [3.8, 4) is 0 Å². The molecule has 1 unspecified atom stereocenters. The lowest BCUT2D eigenvalue weighted by Gasteiger charge is -2.14. The average Bonchev–Trinajstić information content (AvgIpc) is 2.42. The third kappa shape index (κ3) is 3.44. The Morgan fingerprint density at radius 3 is 2.45 bits per heavy atom. The van der Waals surface area contributed by atoms with Crippen LogP contribution in [-0.4, -0.2) is 16.1 Å². The van der Waals surface area contributed by atoms with E-state index in [0.29, 0.717) is 12.8 Å². The monoisotopic (exact) mass is 269 g/mol. The first-order valence-corrected chi connectivity index (χ1v) is 6.75. The molecule has 0 spiro atoms. The molecule has 1 heterocycles. The fourth-order valence-electron chi connectivity index (χ4n) is 2.32. The van der Waals surface area contributed by atoms with E-state index in [4.69, 9.17) is 0 Å². The standard InChI is InChI=1S/C17H19NO2/c1-12-6-3-4-8-14(12)10-15(17(19)20)11-16-13(2)7-5-9-18-16/h3-9,15H,10-11H2,1-2H3,(H,19,20). The van der Waals surface area contributed by atoms with E-state index in [0.717, 1.165) is 22.4 Å². The summed E-state index contributed by atoms with van der Waals surface area (Å²) in [6, 6.07) is 11.8. The predicted molar refractivity (Wildman–Crippen MR) is 78.7 cm³/mol. The molecule has 0 amide bonds. The van der Waals surface area contributed by atoms with E-state index in [-0.39, 0.29) is 0 Å². The number of rotatable bonds is 5. The van der Waals surface area contributed by atoms with E-state index < -0.39 is 11.9 Å². The lowest BCUT2D eigenvalue weighted by molar-refractivity contribution is -0.141. The molecule has 0 saturated carbocycles. The van der Waals surface area contributed by atoms with Gasteiger partial charge in [-0.2, -0.15) is 0 Å². The molecule has 1 atom stereocenters. The topological polar surface area (TPSA) is 50.2 Å². The summed E-state index contributed by atoms with van der Waals surface area (Å²) in [6.45, 7) is 3.98. The number of aryl methyl sites for hydroxylation is 2. The largest absolute Gasteiger partial charge is 0.481 e. The van der Waals surface area contributed by atoms with Crippen molar-refractivity contribution in [2.75, 3.05) is 0 Å². The van der Waals surface area contributed by atoms with Gasteiger partial charge in [0, 0.05) is 18.3 Å². The molecular formula is C17H19NO2. The Bertz CT molecular complexity index is 560. The summed E-state index contributed by atoms with van der Waals surface area (Å²) in [4.78, 5) is 15.8. The number of benzene rings is 1. The SMILES string of the molecule is Cc1ccccc1CC(Cc1ncccc1C)C(=O)O. The Morgan fingerprint density at radius 2 is 1.80 bits per heavy atom. The van der Waals surface area contributed by atoms with Gasteiger partial charge in [0.25, 0.3) is 0 Å². The molecule has 3 heteroatoms. The minimum atomic E-state index is -0.765. The Hall–Kier alpha value is -2.16. The number of hydrogen-bond acceptors (Lipinski definition) is 2. The molecule has 0 aliphatic rings. The summed E-state index contributed by atoms with van der Waals surface area (Å²) in [5, 5.41) is 9.45. The molecule has 3 nitrogen and oxygen atoms in total. The van der Waals surface area contributed by atoms with Gasteiger partial charge >= 0.3 is 5.97 Å². The average molecular weight is 269 g/mol. The van der Waals surface area contributed by atoms with Crippen LogP contribution in [0.25, 0.3) is 0 Å². The van der Waals surface area contributed by atoms with Gasteiger partial charge in [-0.25, -0.2) is 0 Å². The fraction of sp³-hybridized carbons (Fsp3) is 0.294. The van der Waals surface area contributed by atoms with Crippen LogP contribution in [0.2, 0.25) is 0 Å². The van der Waals surface area contributed by atoms with Gasteiger partial charge in [-0.05, 0) is 43.0 Å². The van der Waals surface area contributed by atoms with Crippen LogP contribution in [0.4, 0.5) is 0 Å². The smallest absolute Gasteiger partial charge is 0.307 e. The maximum Gasteiger partial charge on any atom is 0.307 e. The highest BCUT2D eigenvalue weighted by atomic mass is 16.4. The van der Waals surface area contributed by atoms with Crippen LogP contribution < -0.4 is 0 Å². The molecule has 1 aromatic carbocycles. The molecular weight excluding hydrogens is 250 g/mol. The van der Waals surface area contributed by atoms with Crippen molar-refractivity contribution in [1.29, 1.82) is 0 Å². The van der Waals surface area contributed by atoms with Crippen molar-refractivity contribution in [2.45, 2.75) is 26.7 Å². The molecule has 0 fully saturated rings. The Labute approximate surface area is 119 Å². The lowest BCUT2D eigenvalue weighted by atomic mass is 9.91. The second kappa shape index (κ2) is 6.33. The second-order valence-corrected chi connectivity index (χ2v) is 5.14. The van der Waals surface area contributed by atoms with Crippen LogP contribution in [-0.2, 0) is 17.6 Å². The molecule has 104 valence electrons. The van der Waals surface area contributed by atoms with E-state index in [1.54, 1.807) is 6.20 Å². The lowest BCUT2D eigenvalue weighted by Crippen LogP contribution is -2.20. The number of carboxylic acids is 1. The highest BCUT2D eigenvalue weighted by Gasteiger charge is 2.20. The normalized spacial score (nSPS) is 12.1. The zero-order chi connectivity index (χ0) is 14.5. The third-order valence-electron chi connectivity index (χ3n) is 3.63. The summed E-state index contributed by atoms with van der Waals surface area (Å²) in [7, 11) is 0. The number of aliphatic carboxylic acids is 1. The molecule has 20 heavy (non-hydrogen) atoms. The number of carboxylic acid groups (broad SMARTS) is 1.